The van der Waals surface area contributed by atoms with Crippen molar-refractivity contribution in [3.63, 3.8) is 0 Å². The zero-order valence-corrected chi connectivity index (χ0v) is 29.6. The van der Waals surface area contributed by atoms with Gasteiger partial charge in [0.1, 0.15) is 0 Å². The van der Waals surface area contributed by atoms with Crippen LogP contribution in [0.5, 0.6) is 0 Å². The fraction of sp³-hybridized carbons (Fsp3) is 0.243. The number of nitrogens with zero attached hydrogens (tertiary/aromatic N) is 2. The van der Waals surface area contributed by atoms with Gasteiger partial charge in [-0.25, -0.2) is 0 Å². The topological polar surface area (TPSA) is 25.8 Å². The summed E-state index contributed by atoms with van der Waals surface area (Å²) in [7, 11) is -1.27. The summed E-state index contributed by atoms with van der Waals surface area (Å²) in [5.74, 6) is -0.594. The van der Waals surface area contributed by atoms with Crippen LogP contribution in [0.1, 0.15) is 44.2 Å². The Bertz CT molecular complexity index is 1860. The first kappa shape index (κ1) is 30.5. The third kappa shape index (κ3) is 6.98. The van der Waals surface area contributed by atoms with Crippen LogP contribution < -0.4 is 5.19 Å². The average Bonchev–Trinajstić information content (AvgIpc) is 3.35. The minimum atomic E-state index is -1.27. The molecule has 0 spiro atoms. The van der Waals surface area contributed by atoms with Gasteiger partial charge in [-0.15, -0.1) is 59.7 Å². The zero-order chi connectivity index (χ0) is 30.1. The monoisotopic (exact) mass is 764 g/mol. The molecule has 3 aromatic carbocycles. The summed E-state index contributed by atoms with van der Waals surface area (Å²) in [6.07, 6.45) is 4.64. The predicted octanol–water partition coefficient (Wildman–Crippen LogP) is 10.1. The Morgan fingerprint density at radius 2 is 1.71 bits per heavy atom. The van der Waals surface area contributed by atoms with Crippen LogP contribution in [0.3, 0.4) is 0 Å². The molecule has 0 N–H and O–H groups in total. The molecule has 1 radical (unpaired) electrons. The van der Waals surface area contributed by atoms with Crippen molar-refractivity contribution in [3.8, 4) is 22.5 Å². The summed E-state index contributed by atoms with van der Waals surface area (Å²) in [5.41, 5.74) is 7.65. The molecule has 0 aliphatic rings. The fourth-order valence-corrected chi connectivity index (χ4v) is 8.02. The molecule has 0 fully saturated rings. The van der Waals surface area contributed by atoms with Crippen LogP contribution in [-0.2, 0) is 20.1 Å². The molecule has 0 amide bonds. The molecule has 5 heteroatoms. The smallest absolute Gasteiger partial charge is 0.0798 e. The van der Waals surface area contributed by atoms with E-state index in [4.69, 9.17) is 1.37 Å². The second-order valence-corrected chi connectivity index (χ2v) is 17.8. The molecule has 2 nitrogen and oxygen atoms in total. The summed E-state index contributed by atoms with van der Waals surface area (Å²) >= 11 is 1.79. The normalized spacial score (nSPS) is 13.1. The Morgan fingerprint density at radius 3 is 2.40 bits per heavy atom. The van der Waals surface area contributed by atoms with E-state index in [-0.39, 0.29) is 20.1 Å². The minimum absolute atomic E-state index is 0. The molecule has 0 saturated carbocycles. The van der Waals surface area contributed by atoms with E-state index >= 15 is 0 Å². The minimum Gasteiger partial charge on any atom is -0.305 e. The number of hydrogen-bond acceptors (Lipinski definition) is 3. The van der Waals surface area contributed by atoms with Crippen molar-refractivity contribution in [3.05, 3.63) is 114 Å². The fourth-order valence-electron chi connectivity index (χ4n) is 5.12. The van der Waals surface area contributed by atoms with E-state index in [2.05, 4.69) is 104 Å². The molecule has 0 aliphatic carbocycles. The van der Waals surface area contributed by atoms with Crippen molar-refractivity contribution in [2.24, 2.45) is 0 Å². The van der Waals surface area contributed by atoms with Gasteiger partial charge in [0.25, 0.3) is 0 Å². The summed E-state index contributed by atoms with van der Waals surface area (Å²) in [6.45, 7) is 15.4. The first-order valence-electron chi connectivity index (χ1n) is 14.7. The molecule has 42 heavy (non-hydrogen) atoms. The van der Waals surface area contributed by atoms with Gasteiger partial charge in [0.15, 0.2) is 0 Å². The number of benzene rings is 3. The first-order chi connectivity index (χ1) is 20.0. The van der Waals surface area contributed by atoms with E-state index in [0.29, 0.717) is 0 Å². The second-order valence-electron chi connectivity index (χ2n) is 11.7. The molecule has 3 heterocycles. The second kappa shape index (κ2) is 13.6. The third-order valence-electron chi connectivity index (χ3n) is 7.53. The van der Waals surface area contributed by atoms with E-state index in [1.54, 1.807) is 11.3 Å². The Labute approximate surface area is 271 Å². The summed E-state index contributed by atoms with van der Waals surface area (Å²) in [6, 6.07) is 31.5. The molecule has 1 atom stereocenters. The predicted molar refractivity (Wildman–Crippen MR) is 181 cm³/mol. The number of aryl methyl sites for hydroxylation is 2. The quantitative estimate of drug-likeness (QED) is 0.129. The maximum absolute atomic E-state index is 8.51. The van der Waals surface area contributed by atoms with Gasteiger partial charge >= 0.3 is 0 Å². The van der Waals surface area contributed by atoms with Gasteiger partial charge < -0.3 is 9.97 Å². The van der Waals surface area contributed by atoms with Gasteiger partial charge in [-0.2, -0.15) is 11.3 Å². The summed E-state index contributed by atoms with van der Waals surface area (Å²) in [4.78, 5) is 9.17. The van der Waals surface area contributed by atoms with Gasteiger partial charge in [-0.3, -0.25) is 0 Å². The number of aromatic nitrogens is 2. The van der Waals surface area contributed by atoms with Crippen LogP contribution in [-0.4, -0.2) is 18.0 Å². The van der Waals surface area contributed by atoms with E-state index in [1.807, 2.05) is 50.4 Å². The number of hydrogen-bond donors (Lipinski definition) is 0. The average molecular weight is 764 g/mol. The molecule has 217 valence electrons. The Morgan fingerprint density at radius 1 is 0.905 bits per heavy atom. The van der Waals surface area contributed by atoms with Crippen molar-refractivity contribution in [1.82, 2.24) is 9.97 Å². The van der Waals surface area contributed by atoms with Crippen LogP contribution in [0.2, 0.25) is 19.6 Å². The maximum Gasteiger partial charge on any atom is 0.0798 e. The Hall–Kier alpha value is -2.95. The molecular formula is C37H38IrN2SSi-2. The van der Waals surface area contributed by atoms with Crippen LogP contribution >= 0.6 is 11.3 Å². The summed E-state index contributed by atoms with van der Waals surface area (Å²) < 4.78 is 11.0. The van der Waals surface area contributed by atoms with Crippen LogP contribution in [0.25, 0.3) is 42.7 Å². The van der Waals surface area contributed by atoms with E-state index < -0.39 is 14.0 Å². The summed E-state index contributed by atoms with van der Waals surface area (Å²) in [5, 5.41) is 4.00. The number of pyridine rings is 2. The van der Waals surface area contributed by atoms with Gasteiger partial charge in [0.05, 0.1) is 8.07 Å². The van der Waals surface area contributed by atoms with Crippen molar-refractivity contribution >= 4 is 44.8 Å². The third-order valence-corrected chi connectivity index (χ3v) is 10.9. The zero-order valence-electron chi connectivity index (χ0n) is 26.4. The van der Waals surface area contributed by atoms with Gasteiger partial charge in [0.2, 0.25) is 0 Å². The maximum atomic E-state index is 8.51. The van der Waals surface area contributed by atoms with E-state index in [9.17, 15) is 0 Å². The Kier molecular flexibility index (Phi) is 9.85. The van der Waals surface area contributed by atoms with Crippen LogP contribution in [0, 0.1) is 26.0 Å². The van der Waals surface area contributed by atoms with E-state index in [1.165, 1.54) is 36.5 Å². The van der Waals surface area contributed by atoms with Gasteiger partial charge in [-0.05, 0) is 65.0 Å². The SMILES string of the molecule is Cc1cc(-c2[c-]cccc2)ncc1[Si](C)(C)C.[2H]C(C)(CC)c1ccnc(-c2[c-]ccc3c2sc2ccc(C)cc23)c1.[Ir]. The van der Waals surface area contributed by atoms with Gasteiger partial charge in [0, 0.05) is 38.6 Å². The number of fused-ring (bicyclic) bond motifs is 3. The van der Waals surface area contributed by atoms with Crippen LogP contribution in [0.4, 0.5) is 0 Å². The van der Waals surface area contributed by atoms with Crippen molar-refractivity contribution < 1.29 is 21.5 Å². The molecule has 0 bridgehead atoms. The molecule has 1 unspecified atom stereocenters. The largest absolute Gasteiger partial charge is 0.305 e. The Balaban J connectivity index is 0.000000207. The van der Waals surface area contributed by atoms with Crippen molar-refractivity contribution in [1.29, 1.82) is 0 Å². The molecule has 6 rings (SSSR count). The van der Waals surface area contributed by atoms with Crippen molar-refractivity contribution in [2.45, 2.75) is 59.7 Å². The molecule has 0 aliphatic heterocycles. The van der Waals surface area contributed by atoms with Crippen molar-refractivity contribution in [2.75, 3.05) is 0 Å². The van der Waals surface area contributed by atoms with E-state index in [0.717, 1.165) is 34.5 Å². The molecule has 3 aromatic heterocycles. The number of rotatable bonds is 5. The van der Waals surface area contributed by atoms with Gasteiger partial charge in [-0.1, -0.05) is 79.8 Å². The molecular weight excluding hydrogens is 725 g/mol. The standard InChI is InChI=1S/C22H20NS.C15H18NSi.Ir/c1-4-15(3)16-10-11-23-20(13-16)18-7-5-6-17-19-12-14(2)8-9-21(19)24-22(17)18;1-12-10-14(13-8-6-5-7-9-13)16-11-15(12)17(2,3)4;/h5-6,8-13,15H,4H2,1-3H3;5-8,10-11H,1-4H3;/q2*-1;/i15D;;. The molecule has 0 saturated heterocycles. The van der Waals surface area contributed by atoms with Crippen LogP contribution in [0.15, 0.2) is 85.2 Å². The first-order valence-corrected chi connectivity index (χ1v) is 18.5. The molecule has 6 aromatic rings. The number of thiophene rings is 1.